The number of halogens is 6. The third-order valence-electron chi connectivity index (χ3n) is 5.02. The lowest BCUT2D eigenvalue weighted by molar-refractivity contribution is -0.182. The molecule has 176 valence electrons. The van der Waals surface area contributed by atoms with Crippen LogP contribution >= 0.6 is 0 Å². The number of benzene rings is 1. The van der Waals surface area contributed by atoms with Crippen molar-refractivity contribution in [3.05, 3.63) is 77.8 Å². The summed E-state index contributed by atoms with van der Waals surface area (Å²) in [5, 5.41) is 17.2. The summed E-state index contributed by atoms with van der Waals surface area (Å²) in [4.78, 5) is 16.6. The second-order valence-electron chi connectivity index (χ2n) is 7.30. The molecule has 3 unspecified atom stereocenters. The summed E-state index contributed by atoms with van der Waals surface area (Å²) in [6.07, 6.45) is -8.32. The van der Waals surface area contributed by atoms with Crippen molar-refractivity contribution in [2.75, 3.05) is 0 Å². The molecule has 0 radical (unpaired) electrons. The Morgan fingerprint density at radius 2 is 1.88 bits per heavy atom. The van der Waals surface area contributed by atoms with Crippen LogP contribution in [0.3, 0.4) is 0 Å². The van der Waals surface area contributed by atoms with E-state index in [1.165, 1.54) is 30.6 Å². The maximum Gasteiger partial charge on any atom is 0.419 e. The van der Waals surface area contributed by atoms with Crippen LogP contribution in [0.5, 0.6) is 0 Å². The summed E-state index contributed by atoms with van der Waals surface area (Å²) < 4.78 is 85.0. The molecule has 3 atom stereocenters. The predicted octanol–water partition coefficient (Wildman–Crippen LogP) is 5.16. The molecule has 0 aliphatic carbocycles. The van der Waals surface area contributed by atoms with Crippen LogP contribution in [0.25, 0.3) is 0 Å². The van der Waals surface area contributed by atoms with E-state index in [1.54, 1.807) is 0 Å². The minimum atomic E-state index is -4.93. The van der Waals surface area contributed by atoms with Gasteiger partial charge in [0.2, 0.25) is 0 Å². The molecular weight excluding hydrogens is 456 g/mol. The number of carbonyl (C=O) groups excluding carboxylic acids is 1. The van der Waals surface area contributed by atoms with Crippen LogP contribution in [0.15, 0.2) is 71.3 Å². The summed E-state index contributed by atoms with van der Waals surface area (Å²) in [6, 6.07) is 6.72. The Balaban J connectivity index is 1.85. The van der Waals surface area contributed by atoms with E-state index in [0.29, 0.717) is 6.08 Å². The Bertz CT molecular complexity index is 1030. The monoisotopic (exact) mass is 473 g/mol. The van der Waals surface area contributed by atoms with Gasteiger partial charge in [-0.25, -0.2) is 0 Å². The smallest absolute Gasteiger partial charge is 0.419 e. The molecule has 0 saturated carbocycles. The molecule has 1 aromatic carbocycles. The molecule has 2 heterocycles. The number of carbonyl (C=O) groups is 1. The lowest BCUT2D eigenvalue weighted by Gasteiger charge is -2.31. The average Bonchev–Trinajstić information content (AvgIpc) is 3.26. The number of esters is 1. The molecule has 33 heavy (non-hydrogen) atoms. The van der Waals surface area contributed by atoms with Gasteiger partial charge in [-0.05, 0) is 35.4 Å². The van der Waals surface area contributed by atoms with Crippen molar-refractivity contribution in [2.24, 2.45) is 16.1 Å². The van der Waals surface area contributed by atoms with Crippen molar-refractivity contribution < 1.29 is 41.0 Å². The number of rotatable bonds is 7. The molecule has 2 aromatic rings. The third kappa shape index (κ3) is 5.56. The van der Waals surface area contributed by atoms with Crippen molar-refractivity contribution in [3.8, 4) is 0 Å². The number of azo groups is 1. The summed E-state index contributed by atoms with van der Waals surface area (Å²) >= 11 is 0. The Morgan fingerprint density at radius 1 is 1.12 bits per heavy atom. The number of aromatic nitrogens is 1. The zero-order chi connectivity index (χ0) is 24.3. The standard InChI is InChI=1S/C21H17F6N3O3/c22-20(23,24)15-5-1-3-13(9-15)12-33-18(32)16(17(31)14-4-2-7-28-11-14)10-19(21(25,26)27)6-8-29-30-19/h1-9,11,16-17,31H,10,12H2. The highest BCUT2D eigenvalue weighted by Crippen LogP contribution is 2.45. The van der Waals surface area contributed by atoms with E-state index in [0.717, 1.165) is 24.4 Å². The van der Waals surface area contributed by atoms with Crippen LogP contribution in [-0.4, -0.2) is 27.8 Å². The summed E-state index contributed by atoms with van der Waals surface area (Å²) in [5.41, 5.74) is -3.82. The fraction of sp³-hybridized carbons (Fsp3) is 0.333. The van der Waals surface area contributed by atoms with E-state index in [1.807, 2.05) is 0 Å². The van der Waals surface area contributed by atoms with Gasteiger partial charge in [0.1, 0.15) is 6.61 Å². The first kappa shape index (κ1) is 24.4. The Morgan fingerprint density at radius 3 is 2.45 bits per heavy atom. The Hall–Kier alpha value is -3.28. The van der Waals surface area contributed by atoms with Crippen LogP contribution in [0, 0.1) is 5.92 Å². The highest BCUT2D eigenvalue weighted by Gasteiger charge is 2.57. The first-order valence-electron chi connectivity index (χ1n) is 9.50. The van der Waals surface area contributed by atoms with E-state index in [4.69, 9.17) is 4.74 Å². The topological polar surface area (TPSA) is 84.1 Å². The van der Waals surface area contributed by atoms with E-state index in [-0.39, 0.29) is 11.1 Å². The van der Waals surface area contributed by atoms with E-state index in [2.05, 4.69) is 15.2 Å². The maximum absolute atomic E-state index is 13.8. The van der Waals surface area contributed by atoms with E-state index >= 15 is 0 Å². The minimum Gasteiger partial charge on any atom is -0.461 e. The zero-order valence-corrected chi connectivity index (χ0v) is 16.7. The molecule has 0 fully saturated rings. The van der Waals surface area contributed by atoms with Gasteiger partial charge in [0.25, 0.3) is 0 Å². The first-order chi connectivity index (χ1) is 15.4. The molecular formula is C21H17F6N3O3. The number of nitrogens with zero attached hydrogens (tertiary/aromatic N) is 3. The maximum atomic E-state index is 13.8. The van der Waals surface area contributed by atoms with Gasteiger partial charge in [-0.3, -0.25) is 9.78 Å². The van der Waals surface area contributed by atoms with Gasteiger partial charge < -0.3 is 9.84 Å². The molecule has 1 aromatic heterocycles. The number of aliphatic hydroxyl groups is 1. The van der Waals surface area contributed by atoms with Crippen molar-refractivity contribution in [1.29, 1.82) is 0 Å². The number of aliphatic hydroxyl groups excluding tert-OH is 1. The van der Waals surface area contributed by atoms with Crippen molar-refractivity contribution in [2.45, 2.75) is 37.0 Å². The Labute approximate surface area is 183 Å². The minimum absolute atomic E-state index is 0.0289. The Kier molecular flexibility index (Phi) is 6.86. The second-order valence-corrected chi connectivity index (χ2v) is 7.30. The lowest BCUT2D eigenvalue weighted by atomic mass is 9.82. The van der Waals surface area contributed by atoms with Crippen LogP contribution in [0.2, 0.25) is 0 Å². The second kappa shape index (κ2) is 9.30. The zero-order valence-electron chi connectivity index (χ0n) is 16.7. The highest BCUT2D eigenvalue weighted by molar-refractivity contribution is 5.73. The van der Waals surface area contributed by atoms with E-state index in [9.17, 15) is 36.2 Å². The molecule has 0 saturated heterocycles. The van der Waals surface area contributed by atoms with Gasteiger partial charge in [0.05, 0.1) is 17.6 Å². The number of pyridine rings is 1. The van der Waals surface area contributed by atoms with Crippen LogP contribution < -0.4 is 0 Å². The molecule has 0 amide bonds. The van der Waals surface area contributed by atoms with Gasteiger partial charge in [0, 0.05) is 25.0 Å². The molecule has 0 bridgehead atoms. The fourth-order valence-corrected chi connectivity index (χ4v) is 3.24. The normalized spacial score (nSPS) is 20.0. The molecule has 3 rings (SSSR count). The lowest BCUT2D eigenvalue weighted by Crippen LogP contribution is -2.44. The quantitative estimate of drug-likeness (QED) is 0.445. The number of hydrogen-bond acceptors (Lipinski definition) is 6. The van der Waals surface area contributed by atoms with Gasteiger partial charge in [0.15, 0.2) is 5.54 Å². The number of hydrogen-bond donors (Lipinski definition) is 1. The number of ether oxygens (including phenoxy) is 1. The van der Waals surface area contributed by atoms with Crippen LogP contribution in [0.1, 0.15) is 29.2 Å². The van der Waals surface area contributed by atoms with Gasteiger partial charge in [-0.1, -0.05) is 18.2 Å². The average molecular weight is 473 g/mol. The first-order valence-corrected chi connectivity index (χ1v) is 9.50. The summed E-state index contributed by atoms with van der Waals surface area (Å²) in [5.74, 6) is -3.02. The fourth-order valence-electron chi connectivity index (χ4n) is 3.24. The van der Waals surface area contributed by atoms with Gasteiger partial charge >= 0.3 is 18.3 Å². The SMILES string of the molecule is O=C(OCc1cccc(C(F)(F)F)c1)C(CC1(C(F)(F)F)C=CN=N1)C(O)c1cccnc1. The summed E-state index contributed by atoms with van der Waals surface area (Å²) in [7, 11) is 0. The molecule has 1 aliphatic heterocycles. The molecule has 1 aliphatic rings. The van der Waals surface area contributed by atoms with Gasteiger partial charge in [-0.15, -0.1) is 0 Å². The van der Waals surface area contributed by atoms with Crippen LogP contribution in [-0.2, 0) is 22.3 Å². The van der Waals surface area contributed by atoms with E-state index < -0.39 is 54.5 Å². The number of alkyl halides is 6. The molecule has 1 N–H and O–H groups in total. The highest BCUT2D eigenvalue weighted by atomic mass is 19.4. The van der Waals surface area contributed by atoms with Crippen molar-refractivity contribution in [1.82, 2.24) is 4.98 Å². The largest absolute Gasteiger partial charge is 0.461 e. The molecule has 6 nitrogen and oxygen atoms in total. The third-order valence-corrected chi connectivity index (χ3v) is 5.02. The predicted molar refractivity (Wildman–Crippen MR) is 101 cm³/mol. The molecule has 0 spiro atoms. The van der Waals surface area contributed by atoms with Gasteiger partial charge in [-0.2, -0.15) is 36.6 Å². The van der Waals surface area contributed by atoms with Crippen molar-refractivity contribution in [3.63, 3.8) is 0 Å². The summed E-state index contributed by atoms with van der Waals surface area (Å²) in [6.45, 7) is -0.643. The molecule has 12 heteroatoms. The van der Waals surface area contributed by atoms with Crippen LogP contribution in [0.4, 0.5) is 26.3 Å². The van der Waals surface area contributed by atoms with Crippen molar-refractivity contribution >= 4 is 5.97 Å².